The standard InChI is InChI=1S/C13H22BrNO/c14-10-13(7-5-8-13)11-15-9-4-2-1-3-6-12(15)16/h1-11H2. The average Bonchev–Trinajstić information content (AvgIpc) is 2.21. The van der Waals surface area contributed by atoms with Gasteiger partial charge in [0.15, 0.2) is 0 Å². The molecule has 1 heterocycles. The molecule has 1 saturated carbocycles. The summed E-state index contributed by atoms with van der Waals surface area (Å²) in [6.45, 7) is 1.99. The number of halogens is 1. The van der Waals surface area contributed by atoms with Crippen molar-refractivity contribution < 1.29 is 4.79 Å². The third-order valence-electron chi connectivity index (χ3n) is 4.15. The molecule has 0 radical (unpaired) electrons. The maximum absolute atomic E-state index is 12.0. The Hall–Kier alpha value is -0.0500. The maximum Gasteiger partial charge on any atom is 0.222 e. The lowest BCUT2D eigenvalue weighted by Gasteiger charge is -2.44. The van der Waals surface area contributed by atoms with Crippen LogP contribution in [-0.2, 0) is 4.79 Å². The van der Waals surface area contributed by atoms with Crippen molar-refractivity contribution in [3.8, 4) is 0 Å². The normalized spacial score (nSPS) is 25.8. The fraction of sp³-hybridized carbons (Fsp3) is 0.923. The fourth-order valence-corrected chi connectivity index (χ4v) is 3.54. The summed E-state index contributed by atoms with van der Waals surface area (Å²) in [6, 6.07) is 0. The first-order valence-corrected chi connectivity index (χ1v) is 7.72. The number of amides is 1. The molecule has 1 saturated heterocycles. The molecule has 0 bridgehead atoms. The average molecular weight is 288 g/mol. The van der Waals surface area contributed by atoms with Crippen LogP contribution in [0, 0.1) is 5.41 Å². The first-order chi connectivity index (χ1) is 7.76. The Morgan fingerprint density at radius 1 is 1.12 bits per heavy atom. The molecular formula is C13H22BrNO. The number of hydrogen-bond acceptors (Lipinski definition) is 1. The Labute approximate surface area is 107 Å². The Morgan fingerprint density at radius 3 is 2.50 bits per heavy atom. The van der Waals surface area contributed by atoms with E-state index in [0.717, 1.165) is 31.3 Å². The lowest BCUT2D eigenvalue weighted by Crippen LogP contribution is -2.46. The topological polar surface area (TPSA) is 20.3 Å². The number of rotatable bonds is 3. The molecule has 0 aromatic rings. The Bertz CT molecular complexity index is 245. The first-order valence-electron chi connectivity index (χ1n) is 6.60. The first kappa shape index (κ1) is 12.4. The zero-order chi connectivity index (χ0) is 11.4. The van der Waals surface area contributed by atoms with E-state index >= 15 is 0 Å². The molecule has 2 fully saturated rings. The van der Waals surface area contributed by atoms with E-state index < -0.39 is 0 Å². The largest absolute Gasteiger partial charge is 0.342 e. The SMILES string of the molecule is O=C1CCCCCCN1CC1(CBr)CCC1. The quantitative estimate of drug-likeness (QED) is 0.729. The summed E-state index contributed by atoms with van der Waals surface area (Å²) < 4.78 is 0. The van der Waals surface area contributed by atoms with E-state index in [2.05, 4.69) is 20.8 Å². The predicted octanol–water partition coefficient (Wildman–Crippen LogP) is 3.34. The van der Waals surface area contributed by atoms with Gasteiger partial charge in [-0.1, -0.05) is 35.2 Å². The van der Waals surface area contributed by atoms with Gasteiger partial charge in [-0.05, 0) is 31.1 Å². The molecule has 2 nitrogen and oxygen atoms in total. The van der Waals surface area contributed by atoms with E-state index in [0.29, 0.717) is 11.3 Å². The second-order valence-corrected chi connectivity index (χ2v) is 6.03. The van der Waals surface area contributed by atoms with Crippen molar-refractivity contribution >= 4 is 21.8 Å². The summed E-state index contributed by atoms with van der Waals surface area (Å²) in [6.07, 6.45) is 9.53. The highest BCUT2D eigenvalue weighted by Crippen LogP contribution is 2.43. The van der Waals surface area contributed by atoms with Gasteiger partial charge >= 0.3 is 0 Å². The molecule has 92 valence electrons. The highest BCUT2D eigenvalue weighted by atomic mass is 79.9. The summed E-state index contributed by atoms with van der Waals surface area (Å²) >= 11 is 3.63. The second kappa shape index (κ2) is 5.52. The molecule has 1 amide bonds. The van der Waals surface area contributed by atoms with Gasteiger partial charge in [0, 0.05) is 24.8 Å². The van der Waals surface area contributed by atoms with Gasteiger partial charge in [-0.25, -0.2) is 0 Å². The van der Waals surface area contributed by atoms with Crippen LogP contribution in [0.2, 0.25) is 0 Å². The number of carbonyl (C=O) groups excluding carboxylic acids is 1. The minimum absolute atomic E-state index is 0.395. The van der Waals surface area contributed by atoms with E-state index in [1.807, 2.05) is 0 Å². The zero-order valence-corrected chi connectivity index (χ0v) is 11.6. The van der Waals surface area contributed by atoms with Crippen LogP contribution < -0.4 is 0 Å². The monoisotopic (exact) mass is 287 g/mol. The molecule has 2 aliphatic rings. The number of carbonyl (C=O) groups is 1. The molecule has 1 aliphatic carbocycles. The smallest absolute Gasteiger partial charge is 0.222 e. The van der Waals surface area contributed by atoms with Gasteiger partial charge in [0.05, 0.1) is 0 Å². The van der Waals surface area contributed by atoms with E-state index in [4.69, 9.17) is 0 Å². The van der Waals surface area contributed by atoms with E-state index in [1.165, 1.54) is 38.5 Å². The van der Waals surface area contributed by atoms with Gasteiger partial charge in [-0.15, -0.1) is 0 Å². The van der Waals surface area contributed by atoms with Gasteiger partial charge in [-0.3, -0.25) is 4.79 Å². The summed E-state index contributed by atoms with van der Waals surface area (Å²) in [5, 5.41) is 1.06. The number of nitrogens with zero attached hydrogens (tertiary/aromatic N) is 1. The van der Waals surface area contributed by atoms with Crippen molar-refractivity contribution in [1.29, 1.82) is 0 Å². The molecule has 0 aromatic heterocycles. The van der Waals surface area contributed by atoms with Crippen molar-refractivity contribution in [2.45, 2.75) is 51.4 Å². The Kier molecular flexibility index (Phi) is 4.28. The molecule has 2 rings (SSSR count). The minimum Gasteiger partial charge on any atom is -0.342 e. The molecular weight excluding hydrogens is 266 g/mol. The molecule has 0 spiro atoms. The summed E-state index contributed by atoms with van der Waals surface area (Å²) in [7, 11) is 0. The van der Waals surface area contributed by atoms with Crippen LogP contribution >= 0.6 is 15.9 Å². The van der Waals surface area contributed by atoms with Crippen LogP contribution in [0.15, 0.2) is 0 Å². The third kappa shape index (κ3) is 2.79. The zero-order valence-electron chi connectivity index (χ0n) is 10.0. The van der Waals surface area contributed by atoms with Gasteiger partial charge in [-0.2, -0.15) is 0 Å². The lowest BCUT2D eigenvalue weighted by molar-refractivity contribution is -0.134. The van der Waals surface area contributed by atoms with Crippen molar-refractivity contribution in [3.63, 3.8) is 0 Å². The van der Waals surface area contributed by atoms with Crippen molar-refractivity contribution in [2.24, 2.45) is 5.41 Å². The number of hydrogen-bond donors (Lipinski definition) is 0. The predicted molar refractivity (Wildman–Crippen MR) is 69.7 cm³/mol. The molecule has 0 N–H and O–H groups in total. The van der Waals surface area contributed by atoms with Crippen molar-refractivity contribution in [1.82, 2.24) is 4.90 Å². The molecule has 0 atom stereocenters. The van der Waals surface area contributed by atoms with Crippen LogP contribution in [0.3, 0.4) is 0 Å². The van der Waals surface area contributed by atoms with Crippen LogP contribution in [0.4, 0.5) is 0 Å². The highest BCUT2D eigenvalue weighted by molar-refractivity contribution is 9.09. The van der Waals surface area contributed by atoms with Crippen LogP contribution in [0.1, 0.15) is 51.4 Å². The second-order valence-electron chi connectivity index (χ2n) is 5.47. The summed E-state index contributed by atoms with van der Waals surface area (Å²) in [5.74, 6) is 0.395. The molecule has 0 aromatic carbocycles. The summed E-state index contributed by atoms with van der Waals surface area (Å²) in [5.41, 5.74) is 0.412. The van der Waals surface area contributed by atoms with Crippen LogP contribution in [0.5, 0.6) is 0 Å². The van der Waals surface area contributed by atoms with Crippen molar-refractivity contribution in [3.05, 3.63) is 0 Å². The van der Waals surface area contributed by atoms with Crippen LogP contribution in [-0.4, -0.2) is 29.2 Å². The molecule has 0 unspecified atom stereocenters. The lowest BCUT2D eigenvalue weighted by atomic mass is 9.70. The molecule has 3 heteroatoms. The van der Waals surface area contributed by atoms with E-state index in [-0.39, 0.29) is 0 Å². The van der Waals surface area contributed by atoms with Gasteiger partial charge < -0.3 is 4.90 Å². The third-order valence-corrected chi connectivity index (χ3v) is 5.33. The molecule has 16 heavy (non-hydrogen) atoms. The van der Waals surface area contributed by atoms with Gasteiger partial charge in [0.2, 0.25) is 5.91 Å². The minimum atomic E-state index is 0.395. The maximum atomic E-state index is 12.0. The fourth-order valence-electron chi connectivity index (χ4n) is 2.80. The highest BCUT2D eigenvalue weighted by Gasteiger charge is 2.38. The number of likely N-dealkylation sites (tertiary alicyclic amines) is 1. The summed E-state index contributed by atoms with van der Waals surface area (Å²) in [4.78, 5) is 14.1. The van der Waals surface area contributed by atoms with Crippen molar-refractivity contribution in [2.75, 3.05) is 18.4 Å². The van der Waals surface area contributed by atoms with Crippen LogP contribution in [0.25, 0.3) is 0 Å². The Morgan fingerprint density at radius 2 is 1.88 bits per heavy atom. The van der Waals surface area contributed by atoms with E-state index in [9.17, 15) is 4.79 Å². The molecule has 1 aliphatic heterocycles. The van der Waals surface area contributed by atoms with Gasteiger partial charge in [0.25, 0.3) is 0 Å². The number of alkyl halides is 1. The van der Waals surface area contributed by atoms with Gasteiger partial charge in [0.1, 0.15) is 0 Å². The van der Waals surface area contributed by atoms with E-state index in [1.54, 1.807) is 0 Å². The Balaban J connectivity index is 1.92.